The highest BCUT2D eigenvalue weighted by atomic mass is 32.2. The van der Waals surface area contributed by atoms with Crippen LogP contribution < -0.4 is 0 Å². The van der Waals surface area contributed by atoms with Crippen LogP contribution in [0.2, 0.25) is 0 Å². The summed E-state index contributed by atoms with van der Waals surface area (Å²) >= 11 is 3.07. The summed E-state index contributed by atoms with van der Waals surface area (Å²) < 4.78 is 26.9. The van der Waals surface area contributed by atoms with Crippen molar-refractivity contribution in [2.45, 2.75) is 17.2 Å². The summed E-state index contributed by atoms with van der Waals surface area (Å²) in [6, 6.07) is 10.7. The highest BCUT2D eigenvalue weighted by molar-refractivity contribution is 7.98. The van der Waals surface area contributed by atoms with E-state index in [1.165, 1.54) is 40.1 Å². The van der Waals surface area contributed by atoms with Gasteiger partial charge in [-0.05, 0) is 18.2 Å². The Morgan fingerprint density at radius 2 is 2.04 bits per heavy atom. The topological polar surface area (TPSA) is 33.2 Å². The van der Waals surface area contributed by atoms with Gasteiger partial charge >= 0.3 is 0 Å². The Bertz CT molecular complexity index is 900. The fraction of sp³-hybridized carbons (Fsp3) is 0.158. The van der Waals surface area contributed by atoms with Gasteiger partial charge in [0.05, 0.1) is 16.8 Å². The summed E-state index contributed by atoms with van der Waals surface area (Å²) in [6.07, 6.45) is 0. The van der Waals surface area contributed by atoms with Crippen LogP contribution in [-0.2, 0) is 12.3 Å². The van der Waals surface area contributed by atoms with Gasteiger partial charge in [0.1, 0.15) is 11.6 Å². The van der Waals surface area contributed by atoms with E-state index in [-0.39, 0.29) is 18.0 Å². The molecule has 3 rings (SSSR count). The first-order chi connectivity index (χ1) is 12.5. The minimum atomic E-state index is -0.657. The van der Waals surface area contributed by atoms with E-state index in [0.29, 0.717) is 11.3 Å². The van der Waals surface area contributed by atoms with E-state index >= 15 is 0 Å². The average Bonchev–Trinajstić information content (AvgIpc) is 3.15. The molecule has 3 nitrogen and oxygen atoms in total. The highest BCUT2D eigenvalue weighted by Crippen LogP contribution is 2.27. The van der Waals surface area contributed by atoms with Gasteiger partial charge in [-0.1, -0.05) is 18.2 Å². The summed E-state index contributed by atoms with van der Waals surface area (Å²) in [6.45, 7) is 0.0655. The molecule has 0 N–H and O–H groups in total. The van der Waals surface area contributed by atoms with Gasteiger partial charge in [-0.15, -0.1) is 23.1 Å². The Hall–Kier alpha value is -2.25. The Morgan fingerprint density at radius 1 is 1.23 bits per heavy atom. The van der Waals surface area contributed by atoms with Crippen molar-refractivity contribution in [2.75, 3.05) is 7.05 Å². The zero-order chi connectivity index (χ0) is 18.5. The number of benzene rings is 2. The Morgan fingerprint density at radius 3 is 2.77 bits per heavy atom. The second-order valence-electron chi connectivity index (χ2n) is 5.66. The molecule has 0 saturated heterocycles. The molecule has 3 aromatic rings. The zero-order valence-electron chi connectivity index (χ0n) is 14.0. The lowest BCUT2D eigenvalue weighted by Crippen LogP contribution is -2.27. The van der Waals surface area contributed by atoms with Crippen LogP contribution in [-0.4, -0.2) is 22.8 Å². The van der Waals surface area contributed by atoms with Gasteiger partial charge in [-0.2, -0.15) is 0 Å². The summed E-state index contributed by atoms with van der Waals surface area (Å²) in [5.41, 5.74) is 3.56. The van der Waals surface area contributed by atoms with Crippen LogP contribution in [0.4, 0.5) is 8.78 Å². The van der Waals surface area contributed by atoms with Crippen LogP contribution >= 0.6 is 23.1 Å². The quantitative estimate of drug-likeness (QED) is 0.556. The first-order valence-electron chi connectivity index (χ1n) is 7.83. The SMILES string of the molecule is CN(Cc1ccc(F)cc1F)C(=O)c1ccccc1SCc1cscn1. The standard InChI is InChI=1S/C19H16F2N2OS2/c1-23(9-13-6-7-14(20)8-17(13)21)19(24)16-4-2-3-5-18(16)26-11-15-10-25-12-22-15/h2-8,10,12H,9,11H2,1H3. The van der Waals surface area contributed by atoms with Gasteiger partial charge < -0.3 is 4.90 Å². The molecule has 2 aromatic carbocycles. The third kappa shape index (κ3) is 4.47. The van der Waals surface area contributed by atoms with Crippen LogP contribution in [0, 0.1) is 11.6 Å². The second-order valence-corrected chi connectivity index (χ2v) is 7.40. The van der Waals surface area contributed by atoms with Gasteiger partial charge in [-0.25, -0.2) is 13.8 Å². The Balaban J connectivity index is 1.74. The van der Waals surface area contributed by atoms with E-state index in [1.54, 1.807) is 24.7 Å². The number of hydrogen-bond donors (Lipinski definition) is 0. The third-order valence-corrected chi connectivity index (χ3v) is 5.49. The summed E-state index contributed by atoms with van der Waals surface area (Å²) in [5, 5.41) is 1.97. The van der Waals surface area contributed by atoms with Gasteiger partial charge in [0.2, 0.25) is 0 Å². The highest BCUT2D eigenvalue weighted by Gasteiger charge is 2.17. The molecule has 0 spiro atoms. The largest absolute Gasteiger partial charge is 0.337 e. The molecule has 0 aliphatic rings. The maximum absolute atomic E-state index is 13.8. The van der Waals surface area contributed by atoms with E-state index in [1.807, 2.05) is 17.5 Å². The molecule has 0 aliphatic heterocycles. The smallest absolute Gasteiger partial charge is 0.255 e. The molecule has 0 saturated carbocycles. The number of hydrogen-bond acceptors (Lipinski definition) is 4. The number of halogens is 2. The number of carbonyl (C=O) groups excluding carboxylic acids is 1. The molecule has 134 valence electrons. The lowest BCUT2D eigenvalue weighted by Gasteiger charge is -2.19. The number of rotatable bonds is 6. The van der Waals surface area contributed by atoms with Crippen LogP contribution in [0.25, 0.3) is 0 Å². The minimum absolute atomic E-state index is 0.0655. The Kier molecular flexibility index (Phi) is 6.00. The average molecular weight is 390 g/mol. The van der Waals surface area contributed by atoms with Crippen LogP contribution in [0.5, 0.6) is 0 Å². The van der Waals surface area contributed by atoms with Gasteiger partial charge in [0, 0.05) is 41.3 Å². The molecule has 0 aliphatic carbocycles. The maximum Gasteiger partial charge on any atom is 0.255 e. The minimum Gasteiger partial charge on any atom is -0.337 e. The number of thiazole rings is 1. The Labute approximate surface area is 158 Å². The number of nitrogens with zero attached hydrogens (tertiary/aromatic N) is 2. The van der Waals surface area contributed by atoms with Crippen molar-refractivity contribution in [1.29, 1.82) is 0 Å². The van der Waals surface area contributed by atoms with Crippen molar-refractivity contribution in [2.24, 2.45) is 0 Å². The first kappa shape index (κ1) is 18.5. The van der Waals surface area contributed by atoms with Crippen molar-refractivity contribution in [1.82, 2.24) is 9.88 Å². The predicted octanol–water partition coefficient (Wildman–Crippen LogP) is 4.99. The number of aromatic nitrogens is 1. The lowest BCUT2D eigenvalue weighted by molar-refractivity contribution is 0.0780. The molecule has 0 unspecified atom stereocenters. The molecule has 0 atom stereocenters. The van der Waals surface area contributed by atoms with E-state index in [9.17, 15) is 13.6 Å². The van der Waals surface area contributed by atoms with Crippen LogP contribution in [0.15, 0.2) is 58.3 Å². The van der Waals surface area contributed by atoms with Crippen molar-refractivity contribution >= 4 is 29.0 Å². The molecule has 1 amide bonds. The molecule has 1 aromatic heterocycles. The molecule has 0 bridgehead atoms. The van der Waals surface area contributed by atoms with Crippen molar-refractivity contribution in [3.63, 3.8) is 0 Å². The number of amides is 1. The normalized spacial score (nSPS) is 10.7. The second kappa shape index (κ2) is 8.42. The van der Waals surface area contributed by atoms with Gasteiger partial charge in [0.25, 0.3) is 5.91 Å². The molecule has 0 radical (unpaired) electrons. The van der Waals surface area contributed by atoms with Crippen LogP contribution in [0.3, 0.4) is 0 Å². The van der Waals surface area contributed by atoms with E-state index in [4.69, 9.17) is 0 Å². The number of thioether (sulfide) groups is 1. The molecule has 7 heteroatoms. The van der Waals surface area contributed by atoms with E-state index in [0.717, 1.165) is 16.7 Å². The van der Waals surface area contributed by atoms with Crippen molar-refractivity contribution in [3.8, 4) is 0 Å². The van der Waals surface area contributed by atoms with E-state index in [2.05, 4.69) is 4.98 Å². The van der Waals surface area contributed by atoms with Gasteiger partial charge in [0.15, 0.2) is 0 Å². The summed E-state index contributed by atoms with van der Waals surface area (Å²) in [4.78, 5) is 19.3. The molecule has 26 heavy (non-hydrogen) atoms. The fourth-order valence-electron chi connectivity index (χ4n) is 2.41. The van der Waals surface area contributed by atoms with Gasteiger partial charge in [-0.3, -0.25) is 4.79 Å². The lowest BCUT2D eigenvalue weighted by atomic mass is 10.1. The maximum atomic E-state index is 13.8. The van der Waals surface area contributed by atoms with Crippen molar-refractivity contribution in [3.05, 3.63) is 81.8 Å². The summed E-state index contributed by atoms with van der Waals surface area (Å²) in [5.74, 6) is -0.834. The molecule has 0 fully saturated rings. The first-order valence-corrected chi connectivity index (χ1v) is 9.75. The predicted molar refractivity (Wildman–Crippen MR) is 100 cm³/mol. The monoisotopic (exact) mass is 390 g/mol. The number of carbonyl (C=O) groups is 1. The van der Waals surface area contributed by atoms with Crippen molar-refractivity contribution < 1.29 is 13.6 Å². The van der Waals surface area contributed by atoms with Crippen LogP contribution in [0.1, 0.15) is 21.6 Å². The molecule has 1 heterocycles. The zero-order valence-corrected chi connectivity index (χ0v) is 15.6. The fourth-order valence-corrected chi connectivity index (χ4v) is 4.02. The summed E-state index contributed by atoms with van der Waals surface area (Å²) in [7, 11) is 1.60. The molecular formula is C19H16F2N2OS2. The molecular weight excluding hydrogens is 374 g/mol. The third-order valence-electron chi connectivity index (χ3n) is 3.75. The van der Waals surface area contributed by atoms with E-state index < -0.39 is 11.6 Å².